The molecular weight excluding hydrogens is 226 g/mol. The minimum absolute atomic E-state index is 0.140. The molecule has 5 heteroatoms. The summed E-state index contributed by atoms with van der Waals surface area (Å²) in [5.74, 6) is -1.62. The molecule has 0 saturated carbocycles. The molecule has 2 atom stereocenters. The fraction of sp³-hybridized carbons (Fsp3) is 0.455. The van der Waals surface area contributed by atoms with Gasteiger partial charge in [-0.2, -0.15) is 11.3 Å². The minimum Gasteiger partial charge on any atom is -0.481 e. The Balaban J connectivity index is 2.42. The fourth-order valence-corrected chi connectivity index (χ4v) is 1.89. The molecule has 2 N–H and O–H groups in total. The number of thiophene rings is 1. The zero-order valence-electron chi connectivity index (χ0n) is 9.27. The summed E-state index contributed by atoms with van der Waals surface area (Å²) in [7, 11) is 0. The van der Waals surface area contributed by atoms with Crippen LogP contribution in [-0.2, 0) is 16.0 Å². The molecule has 0 aromatic carbocycles. The van der Waals surface area contributed by atoms with Gasteiger partial charge in [0, 0.05) is 6.04 Å². The van der Waals surface area contributed by atoms with Gasteiger partial charge in [-0.3, -0.25) is 9.59 Å². The zero-order valence-corrected chi connectivity index (χ0v) is 10.1. The SMILES string of the molecule is CC(NC(=O)Cc1ccsc1)C(C)C(=O)O. The monoisotopic (exact) mass is 241 g/mol. The van der Waals surface area contributed by atoms with Crippen molar-refractivity contribution in [2.45, 2.75) is 26.3 Å². The van der Waals surface area contributed by atoms with E-state index >= 15 is 0 Å². The first-order valence-electron chi connectivity index (χ1n) is 5.04. The standard InChI is InChI=1S/C11H15NO3S/c1-7(11(14)15)8(2)12-10(13)5-9-3-4-16-6-9/h3-4,6-8H,5H2,1-2H3,(H,12,13)(H,14,15). The van der Waals surface area contributed by atoms with E-state index in [1.54, 1.807) is 13.8 Å². The molecule has 0 bridgehead atoms. The second-order valence-electron chi connectivity index (χ2n) is 3.79. The smallest absolute Gasteiger partial charge is 0.308 e. The highest BCUT2D eigenvalue weighted by molar-refractivity contribution is 7.07. The molecule has 0 radical (unpaired) electrons. The molecule has 0 fully saturated rings. The maximum atomic E-state index is 11.5. The van der Waals surface area contributed by atoms with Crippen molar-refractivity contribution in [2.75, 3.05) is 0 Å². The lowest BCUT2D eigenvalue weighted by Crippen LogP contribution is -2.40. The number of aliphatic carboxylic acids is 1. The highest BCUT2D eigenvalue weighted by atomic mass is 32.1. The van der Waals surface area contributed by atoms with Gasteiger partial charge < -0.3 is 10.4 Å². The highest BCUT2D eigenvalue weighted by Crippen LogP contribution is 2.07. The van der Waals surface area contributed by atoms with Gasteiger partial charge in [-0.1, -0.05) is 0 Å². The van der Waals surface area contributed by atoms with Crippen molar-refractivity contribution in [1.82, 2.24) is 5.32 Å². The summed E-state index contributed by atoms with van der Waals surface area (Å²) in [6, 6.07) is 1.53. The summed E-state index contributed by atoms with van der Waals surface area (Å²) in [4.78, 5) is 22.2. The summed E-state index contributed by atoms with van der Waals surface area (Å²) < 4.78 is 0. The molecule has 0 aliphatic rings. The lowest BCUT2D eigenvalue weighted by molar-refractivity contribution is -0.142. The average Bonchev–Trinajstić information content (AvgIpc) is 2.68. The van der Waals surface area contributed by atoms with Crippen LogP contribution in [0.15, 0.2) is 16.8 Å². The molecule has 0 saturated heterocycles. The van der Waals surface area contributed by atoms with Gasteiger partial charge in [-0.05, 0) is 36.2 Å². The molecule has 1 rings (SSSR count). The summed E-state index contributed by atoms with van der Waals surface area (Å²) in [5, 5.41) is 15.3. The van der Waals surface area contributed by atoms with E-state index in [0.717, 1.165) is 5.56 Å². The molecule has 0 spiro atoms. The van der Waals surface area contributed by atoms with Crippen molar-refractivity contribution in [2.24, 2.45) is 5.92 Å². The number of carboxylic acids is 1. The lowest BCUT2D eigenvalue weighted by Gasteiger charge is -2.17. The number of amides is 1. The van der Waals surface area contributed by atoms with Crippen molar-refractivity contribution in [1.29, 1.82) is 0 Å². The topological polar surface area (TPSA) is 66.4 Å². The number of carboxylic acid groups (broad SMARTS) is 1. The third-order valence-electron chi connectivity index (χ3n) is 2.47. The van der Waals surface area contributed by atoms with Crippen LogP contribution in [0.25, 0.3) is 0 Å². The molecule has 88 valence electrons. The summed E-state index contributed by atoms with van der Waals surface area (Å²) in [6.07, 6.45) is 0.306. The van der Waals surface area contributed by atoms with Crippen molar-refractivity contribution in [3.63, 3.8) is 0 Å². The van der Waals surface area contributed by atoms with Crippen LogP contribution in [-0.4, -0.2) is 23.0 Å². The fourth-order valence-electron chi connectivity index (χ4n) is 1.22. The minimum atomic E-state index is -0.900. The van der Waals surface area contributed by atoms with Crippen molar-refractivity contribution < 1.29 is 14.7 Å². The first-order chi connectivity index (χ1) is 7.50. The molecular formula is C11H15NO3S. The van der Waals surface area contributed by atoms with Crippen molar-refractivity contribution in [3.05, 3.63) is 22.4 Å². The van der Waals surface area contributed by atoms with Gasteiger partial charge in [0.1, 0.15) is 0 Å². The van der Waals surface area contributed by atoms with Gasteiger partial charge in [0.2, 0.25) is 5.91 Å². The summed E-state index contributed by atoms with van der Waals surface area (Å²) in [6.45, 7) is 3.28. The number of hydrogen-bond donors (Lipinski definition) is 2. The third kappa shape index (κ3) is 3.66. The van der Waals surface area contributed by atoms with Crippen LogP contribution in [0, 0.1) is 5.92 Å². The number of carbonyl (C=O) groups is 2. The largest absolute Gasteiger partial charge is 0.481 e. The van der Waals surface area contributed by atoms with Crippen LogP contribution in [0.4, 0.5) is 0 Å². The predicted molar refractivity (Wildman–Crippen MR) is 62.4 cm³/mol. The van der Waals surface area contributed by atoms with Crippen LogP contribution in [0.1, 0.15) is 19.4 Å². The Hall–Kier alpha value is -1.36. The van der Waals surface area contributed by atoms with Crippen molar-refractivity contribution in [3.8, 4) is 0 Å². The molecule has 1 amide bonds. The summed E-state index contributed by atoms with van der Waals surface area (Å²) >= 11 is 1.54. The van der Waals surface area contributed by atoms with Gasteiger partial charge >= 0.3 is 5.97 Å². The molecule has 0 aliphatic heterocycles. The van der Waals surface area contributed by atoms with Crippen molar-refractivity contribution >= 4 is 23.2 Å². The van der Waals surface area contributed by atoms with E-state index in [0.29, 0.717) is 6.42 Å². The van der Waals surface area contributed by atoms with Crippen LogP contribution in [0.5, 0.6) is 0 Å². The second-order valence-corrected chi connectivity index (χ2v) is 4.57. The second kappa shape index (κ2) is 5.65. The van der Waals surface area contributed by atoms with E-state index in [2.05, 4.69) is 5.32 Å². The maximum absolute atomic E-state index is 11.5. The first kappa shape index (κ1) is 12.7. The van der Waals surface area contributed by atoms with Gasteiger partial charge in [0.25, 0.3) is 0 Å². The Bertz CT molecular complexity index is 361. The molecule has 1 aromatic heterocycles. The molecule has 1 heterocycles. The van der Waals surface area contributed by atoms with Gasteiger partial charge in [-0.15, -0.1) is 0 Å². The Morgan fingerprint density at radius 2 is 2.19 bits per heavy atom. The number of nitrogens with one attached hydrogen (secondary N) is 1. The van der Waals surface area contributed by atoms with Crippen LogP contribution in [0.3, 0.4) is 0 Å². The van der Waals surface area contributed by atoms with E-state index in [1.807, 2.05) is 16.8 Å². The Morgan fingerprint density at radius 3 is 2.69 bits per heavy atom. The van der Waals surface area contributed by atoms with E-state index in [-0.39, 0.29) is 11.9 Å². The molecule has 1 aromatic rings. The van der Waals surface area contributed by atoms with Crippen LogP contribution < -0.4 is 5.32 Å². The zero-order chi connectivity index (χ0) is 12.1. The van der Waals surface area contributed by atoms with Crippen LogP contribution in [0.2, 0.25) is 0 Å². The van der Waals surface area contributed by atoms with Crippen LogP contribution >= 0.6 is 11.3 Å². The molecule has 0 aliphatic carbocycles. The van der Waals surface area contributed by atoms with Gasteiger partial charge in [0.15, 0.2) is 0 Å². The predicted octanol–water partition coefficient (Wildman–Crippen LogP) is 1.52. The van der Waals surface area contributed by atoms with E-state index in [9.17, 15) is 9.59 Å². The van der Waals surface area contributed by atoms with E-state index in [4.69, 9.17) is 5.11 Å². The Morgan fingerprint density at radius 1 is 1.50 bits per heavy atom. The van der Waals surface area contributed by atoms with E-state index < -0.39 is 11.9 Å². The third-order valence-corrected chi connectivity index (χ3v) is 3.21. The lowest BCUT2D eigenvalue weighted by atomic mass is 10.0. The first-order valence-corrected chi connectivity index (χ1v) is 5.98. The maximum Gasteiger partial charge on any atom is 0.308 e. The number of rotatable bonds is 5. The van der Waals surface area contributed by atoms with Gasteiger partial charge in [0.05, 0.1) is 12.3 Å². The number of hydrogen-bond acceptors (Lipinski definition) is 3. The van der Waals surface area contributed by atoms with E-state index in [1.165, 1.54) is 11.3 Å². The molecule has 4 nitrogen and oxygen atoms in total. The molecule has 2 unspecified atom stereocenters. The number of carbonyl (C=O) groups excluding carboxylic acids is 1. The Labute approximate surface area is 98.3 Å². The normalized spacial score (nSPS) is 14.1. The average molecular weight is 241 g/mol. The quantitative estimate of drug-likeness (QED) is 0.821. The highest BCUT2D eigenvalue weighted by Gasteiger charge is 2.20. The molecule has 16 heavy (non-hydrogen) atoms. The Kier molecular flexibility index (Phi) is 4.49. The summed E-state index contributed by atoms with van der Waals surface area (Å²) in [5.41, 5.74) is 0.956. The van der Waals surface area contributed by atoms with Gasteiger partial charge in [-0.25, -0.2) is 0 Å².